The van der Waals surface area contributed by atoms with E-state index >= 15 is 0 Å². The number of benzene rings is 3. The molecule has 0 spiro atoms. The van der Waals surface area contributed by atoms with Gasteiger partial charge in [-0.15, -0.1) is 0 Å². The number of ether oxygens (including phenoxy) is 1. The number of aryl methyl sites for hydroxylation is 1. The van der Waals surface area contributed by atoms with Crippen molar-refractivity contribution in [1.82, 2.24) is 4.57 Å². The number of fused-ring (bicyclic) bond motifs is 3. The summed E-state index contributed by atoms with van der Waals surface area (Å²) >= 11 is 3.39. The third kappa shape index (κ3) is 3.50. The number of aromatic nitrogens is 1. The minimum atomic E-state index is -0.603. The zero-order valence-corrected chi connectivity index (χ0v) is 17.4. The Morgan fingerprint density at radius 3 is 2.50 bits per heavy atom. The molecule has 0 aliphatic carbocycles. The van der Waals surface area contributed by atoms with Crippen LogP contribution in [0.5, 0.6) is 5.75 Å². The van der Waals surface area contributed by atoms with Crippen molar-refractivity contribution in [3.05, 3.63) is 71.2 Å². The highest BCUT2D eigenvalue weighted by Crippen LogP contribution is 2.31. The molecule has 1 aromatic heterocycles. The van der Waals surface area contributed by atoms with Crippen LogP contribution in [0.1, 0.15) is 13.8 Å². The van der Waals surface area contributed by atoms with Crippen LogP contribution in [0.3, 0.4) is 0 Å². The molecule has 0 bridgehead atoms. The van der Waals surface area contributed by atoms with Crippen molar-refractivity contribution in [2.45, 2.75) is 26.5 Å². The van der Waals surface area contributed by atoms with E-state index in [-0.39, 0.29) is 5.91 Å². The molecule has 0 aliphatic heterocycles. The zero-order valence-electron chi connectivity index (χ0n) is 15.8. The number of hydrogen-bond acceptors (Lipinski definition) is 2. The Balaban J connectivity index is 1.58. The highest BCUT2D eigenvalue weighted by molar-refractivity contribution is 9.10. The minimum absolute atomic E-state index is 0.179. The number of nitrogens with zero attached hydrogens (tertiary/aromatic N) is 1. The minimum Gasteiger partial charge on any atom is -0.481 e. The van der Waals surface area contributed by atoms with Gasteiger partial charge in [-0.25, -0.2) is 0 Å². The first-order valence-corrected chi connectivity index (χ1v) is 10.1. The van der Waals surface area contributed by atoms with Gasteiger partial charge in [-0.1, -0.05) is 34.1 Å². The van der Waals surface area contributed by atoms with Gasteiger partial charge in [0.25, 0.3) is 5.91 Å². The fraction of sp³-hybridized carbons (Fsp3) is 0.174. The van der Waals surface area contributed by atoms with E-state index in [2.05, 4.69) is 57.0 Å². The van der Waals surface area contributed by atoms with Gasteiger partial charge in [0.05, 0.1) is 0 Å². The molecule has 142 valence electrons. The third-order valence-electron chi connectivity index (χ3n) is 4.85. The molecule has 0 saturated heterocycles. The molecule has 0 unspecified atom stereocenters. The molecular weight excluding hydrogens is 416 g/mol. The first-order valence-electron chi connectivity index (χ1n) is 9.31. The van der Waals surface area contributed by atoms with Crippen LogP contribution in [0.2, 0.25) is 0 Å². The van der Waals surface area contributed by atoms with Crippen molar-refractivity contribution in [2.75, 3.05) is 5.32 Å². The fourth-order valence-corrected chi connectivity index (χ4v) is 3.75. The molecule has 4 rings (SSSR count). The summed E-state index contributed by atoms with van der Waals surface area (Å²) in [5.41, 5.74) is 3.14. The lowest BCUT2D eigenvalue weighted by Crippen LogP contribution is -2.30. The van der Waals surface area contributed by atoms with Gasteiger partial charge < -0.3 is 14.6 Å². The smallest absolute Gasteiger partial charge is 0.265 e. The van der Waals surface area contributed by atoms with Crippen LogP contribution < -0.4 is 10.1 Å². The lowest BCUT2D eigenvalue weighted by molar-refractivity contribution is -0.122. The third-order valence-corrected chi connectivity index (χ3v) is 5.38. The van der Waals surface area contributed by atoms with Gasteiger partial charge in [0.1, 0.15) is 5.75 Å². The molecular formula is C23H21BrN2O2. The lowest BCUT2D eigenvalue weighted by Gasteiger charge is -2.15. The van der Waals surface area contributed by atoms with Crippen molar-refractivity contribution in [3.8, 4) is 5.75 Å². The molecule has 5 heteroatoms. The van der Waals surface area contributed by atoms with Crippen LogP contribution in [0, 0.1) is 0 Å². The summed E-state index contributed by atoms with van der Waals surface area (Å²) in [6.07, 6.45) is -0.603. The van der Waals surface area contributed by atoms with Crippen molar-refractivity contribution < 1.29 is 9.53 Å². The van der Waals surface area contributed by atoms with Crippen LogP contribution in [0.4, 0.5) is 5.69 Å². The van der Waals surface area contributed by atoms with E-state index in [0.717, 1.165) is 22.1 Å². The van der Waals surface area contributed by atoms with Crippen LogP contribution in [-0.4, -0.2) is 16.6 Å². The van der Waals surface area contributed by atoms with E-state index in [1.165, 1.54) is 16.4 Å². The number of carbonyl (C=O) groups is 1. The standard InChI is InChI=1S/C23H21BrN2O2/c1-3-26-21-7-5-4-6-19(21)20-14-17(10-13-22(20)26)25-23(27)15(2)28-18-11-8-16(24)9-12-18/h4-15H,3H2,1-2H3,(H,25,27)/t15-/m1/s1. The average molecular weight is 437 g/mol. The van der Waals surface area contributed by atoms with E-state index in [0.29, 0.717) is 5.75 Å². The second-order valence-electron chi connectivity index (χ2n) is 6.70. The molecule has 0 radical (unpaired) electrons. The topological polar surface area (TPSA) is 43.3 Å². The molecule has 28 heavy (non-hydrogen) atoms. The summed E-state index contributed by atoms with van der Waals surface area (Å²) in [6.45, 7) is 4.79. The Morgan fingerprint density at radius 1 is 1.04 bits per heavy atom. The molecule has 1 heterocycles. The van der Waals surface area contributed by atoms with Gasteiger partial charge in [0.15, 0.2) is 6.10 Å². The number of para-hydroxylation sites is 1. The monoisotopic (exact) mass is 436 g/mol. The van der Waals surface area contributed by atoms with Gasteiger partial charge in [0.2, 0.25) is 0 Å². The second-order valence-corrected chi connectivity index (χ2v) is 7.61. The summed E-state index contributed by atoms with van der Waals surface area (Å²) in [7, 11) is 0. The number of carbonyl (C=O) groups excluding carboxylic acids is 1. The van der Waals surface area contributed by atoms with Crippen LogP contribution in [0.25, 0.3) is 21.8 Å². The molecule has 1 N–H and O–H groups in total. The predicted octanol–water partition coefficient (Wildman–Crippen LogP) is 5.98. The molecule has 1 amide bonds. The molecule has 4 aromatic rings. The molecule has 0 aliphatic rings. The Morgan fingerprint density at radius 2 is 1.75 bits per heavy atom. The Bertz CT molecular complexity index is 1150. The summed E-state index contributed by atoms with van der Waals surface area (Å²) in [4.78, 5) is 12.6. The number of nitrogens with one attached hydrogen (secondary N) is 1. The molecule has 0 saturated carbocycles. The van der Waals surface area contributed by atoms with E-state index in [4.69, 9.17) is 4.74 Å². The zero-order chi connectivity index (χ0) is 19.7. The first-order chi connectivity index (χ1) is 13.6. The van der Waals surface area contributed by atoms with Crippen molar-refractivity contribution >= 4 is 49.3 Å². The van der Waals surface area contributed by atoms with Gasteiger partial charge in [0, 0.05) is 38.5 Å². The van der Waals surface area contributed by atoms with Gasteiger partial charge in [-0.3, -0.25) is 4.79 Å². The molecule has 3 aromatic carbocycles. The maximum Gasteiger partial charge on any atom is 0.265 e. The maximum atomic E-state index is 12.6. The van der Waals surface area contributed by atoms with Crippen molar-refractivity contribution in [2.24, 2.45) is 0 Å². The summed E-state index contributed by atoms with van der Waals surface area (Å²) < 4.78 is 9.00. The van der Waals surface area contributed by atoms with E-state index in [9.17, 15) is 4.79 Å². The normalized spacial score (nSPS) is 12.2. The lowest BCUT2D eigenvalue weighted by atomic mass is 10.1. The highest BCUT2D eigenvalue weighted by atomic mass is 79.9. The summed E-state index contributed by atoms with van der Waals surface area (Å²) in [6, 6.07) is 21.8. The predicted molar refractivity (Wildman–Crippen MR) is 118 cm³/mol. The van der Waals surface area contributed by atoms with Crippen molar-refractivity contribution in [3.63, 3.8) is 0 Å². The quantitative estimate of drug-likeness (QED) is 0.417. The van der Waals surface area contributed by atoms with Gasteiger partial charge >= 0.3 is 0 Å². The van der Waals surface area contributed by atoms with E-state index < -0.39 is 6.10 Å². The largest absolute Gasteiger partial charge is 0.481 e. The summed E-state index contributed by atoms with van der Waals surface area (Å²) in [5.74, 6) is 0.480. The Hall–Kier alpha value is -2.79. The number of amides is 1. The molecule has 1 atom stereocenters. The fourth-order valence-electron chi connectivity index (χ4n) is 3.49. The van der Waals surface area contributed by atoms with E-state index in [1.807, 2.05) is 42.5 Å². The maximum absolute atomic E-state index is 12.6. The number of anilines is 1. The Kier molecular flexibility index (Phi) is 5.09. The summed E-state index contributed by atoms with van der Waals surface area (Å²) in [5, 5.41) is 5.30. The molecule has 4 nitrogen and oxygen atoms in total. The van der Waals surface area contributed by atoms with Crippen LogP contribution in [0.15, 0.2) is 71.2 Å². The van der Waals surface area contributed by atoms with Crippen molar-refractivity contribution in [1.29, 1.82) is 0 Å². The molecule has 0 fully saturated rings. The highest BCUT2D eigenvalue weighted by Gasteiger charge is 2.16. The number of halogens is 1. The van der Waals surface area contributed by atoms with Crippen LogP contribution >= 0.6 is 15.9 Å². The Labute approximate surface area is 172 Å². The second kappa shape index (κ2) is 7.68. The average Bonchev–Trinajstić information content (AvgIpc) is 3.02. The van der Waals surface area contributed by atoms with Gasteiger partial charge in [-0.05, 0) is 62.4 Å². The van der Waals surface area contributed by atoms with E-state index in [1.54, 1.807) is 6.92 Å². The van der Waals surface area contributed by atoms with Gasteiger partial charge in [-0.2, -0.15) is 0 Å². The van der Waals surface area contributed by atoms with Crippen LogP contribution in [-0.2, 0) is 11.3 Å². The first kappa shape index (κ1) is 18.6. The SMILES string of the molecule is CCn1c2ccccc2c2cc(NC(=O)[C@@H](C)Oc3ccc(Br)cc3)ccc21. The number of rotatable bonds is 5. The number of hydrogen-bond donors (Lipinski definition) is 1.